The topological polar surface area (TPSA) is 43.8 Å². The summed E-state index contributed by atoms with van der Waals surface area (Å²) in [6, 6.07) is 12.0. The van der Waals surface area contributed by atoms with Crippen LogP contribution in [-0.2, 0) is 7.05 Å². The molecule has 0 atom stereocenters. The van der Waals surface area contributed by atoms with E-state index in [0.29, 0.717) is 0 Å². The highest BCUT2D eigenvalue weighted by Gasteiger charge is 2.09. The summed E-state index contributed by atoms with van der Waals surface area (Å²) in [5, 5.41) is 1.19. The molecule has 0 fully saturated rings. The number of rotatable bonds is 1. The zero-order valence-corrected chi connectivity index (χ0v) is 11.5. The second-order valence-electron chi connectivity index (χ2n) is 4.27. The Balaban J connectivity index is 2.27. The first-order valence-corrected chi connectivity index (χ1v) is 6.41. The number of anilines is 1. The molecule has 0 aliphatic heterocycles. The molecule has 18 heavy (non-hydrogen) atoms. The molecule has 0 saturated carbocycles. The van der Waals surface area contributed by atoms with Gasteiger partial charge in [0.1, 0.15) is 0 Å². The number of aryl methyl sites for hydroxylation is 1. The predicted octanol–water partition coefficient (Wildman–Crippen LogP) is 3.59. The third kappa shape index (κ3) is 1.78. The summed E-state index contributed by atoms with van der Waals surface area (Å²) in [6.07, 6.45) is 1.73. The minimum Gasteiger partial charge on any atom is -0.399 e. The van der Waals surface area contributed by atoms with E-state index < -0.39 is 0 Å². The molecule has 3 rings (SSSR count). The number of halogens is 1. The van der Waals surface area contributed by atoms with E-state index in [1.54, 1.807) is 12.3 Å². The third-order valence-electron chi connectivity index (χ3n) is 3.05. The Morgan fingerprint density at radius 2 is 2.00 bits per heavy atom. The fraction of sp³-hybridized carbons (Fsp3) is 0.0714. The van der Waals surface area contributed by atoms with Crippen molar-refractivity contribution in [1.29, 1.82) is 0 Å². The Kier molecular flexibility index (Phi) is 2.59. The van der Waals surface area contributed by atoms with Gasteiger partial charge in [-0.15, -0.1) is 0 Å². The van der Waals surface area contributed by atoms with Crippen molar-refractivity contribution in [3.05, 3.63) is 47.1 Å². The molecule has 1 aromatic carbocycles. The lowest BCUT2D eigenvalue weighted by Gasteiger charge is -2.04. The second-order valence-corrected chi connectivity index (χ2v) is 5.18. The Morgan fingerprint density at radius 1 is 1.17 bits per heavy atom. The smallest absolute Gasteiger partial charge is 0.0887 e. The highest BCUT2D eigenvalue weighted by molar-refractivity contribution is 9.10. The Labute approximate surface area is 113 Å². The van der Waals surface area contributed by atoms with E-state index in [2.05, 4.69) is 43.7 Å². The molecule has 3 nitrogen and oxygen atoms in total. The van der Waals surface area contributed by atoms with Crippen LogP contribution in [0.4, 0.5) is 5.69 Å². The van der Waals surface area contributed by atoms with Crippen LogP contribution in [0.2, 0.25) is 0 Å². The number of nitrogens with zero attached hydrogens (tertiary/aromatic N) is 2. The van der Waals surface area contributed by atoms with Crippen molar-refractivity contribution >= 4 is 32.5 Å². The summed E-state index contributed by atoms with van der Waals surface area (Å²) >= 11 is 3.49. The van der Waals surface area contributed by atoms with Crippen LogP contribution >= 0.6 is 15.9 Å². The van der Waals surface area contributed by atoms with Gasteiger partial charge in [-0.2, -0.15) is 0 Å². The summed E-state index contributed by atoms with van der Waals surface area (Å²) in [5.74, 6) is 0. The molecule has 0 aliphatic carbocycles. The normalized spacial score (nSPS) is 11.0. The number of hydrogen-bond donors (Lipinski definition) is 1. The second kappa shape index (κ2) is 4.14. The van der Waals surface area contributed by atoms with Crippen molar-refractivity contribution in [3.8, 4) is 11.4 Å². The van der Waals surface area contributed by atoms with Gasteiger partial charge in [-0.1, -0.05) is 15.9 Å². The van der Waals surface area contributed by atoms with Gasteiger partial charge >= 0.3 is 0 Å². The monoisotopic (exact) mass is 301 g/mol. The third-order valence-corrected chi connectivity index (χ3v) is 3.54. The Morgan fingerprint density at radius 3 is 2.78 bits per heavy atom. The first-order valence-electron chi connectivity index (χ1n) is 5.62. The molecule has 2 heterocycles. The first-order chi connectivity index (χ1) is 8.65. The molecule has 90 valence electrons. The molecule has 2 aromatic heterocycles. The molecule has 0 amide bonds. The number of benzene rings is 1. The lowest BCUT2D eigenvalue weighted by Crippen LogP contribution is -1.94. The van der Waals surface area contributed by atoms with Crippen LogP contribution in [0.15, 0.2) is 47.1 Å². The molecule has 0 spiro atoms. The number of hydrogen-bond acceptors (Lipinski definition) is 2. The van der Waals surface area contributed by atoms with Gasteiger partial charge in [-0.05, 0) is 36.4 Å². The quantitative estimate of drug-likeness (QED) is 0.746. The number of fused-ring (bicyclic) bond motifs is 1. The first kappa shape index (κ1) is 11.3. The summed E-state index contributed by atoms with van der Waals surface area (Å²) in [7, 11) is 2.04. The highest BCUT2D eigenvalue weighted by atomic mass is 79.9. The van der Waals surface area contributed by atoms with E-state index >= 15 is 0 Å². The van der Waals surface area contributed by atoms with E-state index in [1.165, 1.54) is 10.9 Å². The summed E-state index contributed by atoms with van der Waals surface area (Å²) in [6.45, 7) is 0. The zero-order chi connectivity index (χ0) is 12.7. The van der Waals surface area contributed by atoms with Crippen LogP contribution in [0.1, 0.15) is 0 Å². The van der Waals surface area contributed by atoms with Crippen molar-refractivity contribution < 1.29 is 0 Å². The minimum absolute atomic E-state index is 0.728. The van der Waals surface area contributed by atoms with Crippen LogP contribution < -0.4 is 5.73 Å². The summed E-state index contributed by atoms with van der Waals surface area (Å²) in [4.78, 5) is 4.38. The van der Waals surface area contributed by atoms with Gasteiger partial charge in [0, 0.05) is 34.3 Å². The molecule has 0 aliphatic rings. The molecule has 3 aromatic rings. The average molecular weight is 302 g/mol. The largest absolute Gasteiger partial charge is 0.399 e. The van der Waals surface area contributed by atoms with Crippen molar-refractivity contribution in [2.75, 3.05) is 5.73 Å². The maximum absolute atomic E-state index is 5.81. The number of nitrogen functional groups attached to an aromatic ring is 1. The van der Waals surface area contributed by atoms with Crippen LogP contribution in [0.25, 0.3) is 22.3 Å². The van der Waals surface area contributed by atoms with Crippen molar-refractivity contribution in [2.45, 2.75) is 0 Å². The fourth-order valence-electron chi connectivity index (χ4n) is 2.15. The van der Waals surface area contributed by atoms with Gasteiger partial charge in [-0.25, -0.2) is 0 Å². The molecular formula is C14H12BrN3. The van der Waals surface area contributed by atoms with Crippen molar-refractivity contribution in [3.63, 3.8) is 0 Å². The highest BCUT2D eigenvalue weighted by Crippen LogP contribution is 2.28. The van der Waals surface area contributed by atoms with E-state index in [4.69, 9.17) is 5.73 Å². The fourth-order valence-corrected chi connectivity index (χ4v) is 2.53. The lowest BCUT2D eigenvalue weighted by atomic mass is 10.2. The van der Waals surface area contributed by atoms with Crippen LogP contribution in [0.3, 0.4) is 0 Å². The molecule has 0 unspecified atom stereocenters. The van der Waals surface area contributed by atoms with Gasteiger partial charge in [0.05, 0.1) is 11.4 Å². The van der Waals surface area contributed by atoms with Crippen LogP contribution in [0, 0.1) is 0 Å². The predicted molar refractivity (Wildman–Crippen MR) is 78.3 cm³/mol. The Bertz CT molecular complexity index is 731. The van der Waals surface area contributed by atoms with Gasteiger partial charge < -0.3 is 10.3 Å². The van der Waals surface area contributed by atoms with Crippen LogP contribution in [-0.4, -0.2) is 9.55 Å². The lowest BCUT2D eigenvalue weighted by molar-refractivity contribution is 0.970. The SMILES string of the molecule is Cn1c(-c2cc(N)ccn2)cc2cc(Br)ccc21. The van der Waals surface area contributed by atoms with Gasteiger partial charge in [-0.3, -0.25) is 4.98 Å². The molecule has 4 heteroatoms. The van der Waals surface area contributed by atoms with E-state index in [9.17, 15) is 0 Å². The maximum atomic E-state index is 5.81. The Hall–Kier alpha value is -1.81. The minimum atomic E-state index is 0.728. The summed E-state index contributed by atoms with van der Waals surface area (Å²) in [5.41, 5.74) is 9.67. The van der Waals surface area contributed by atoms with Crippen molar-refractivity contribution in [2.24, 2.45) is 7.05 Å². The molecule has 0 saturated heterocycles. The van der Waals surface area contributed by atoms with Crippen molar-refractivity contribution in [1.82, 2.24) is 9.55 Å². The van der Waals surface area contributed by atoms with Gasteiger partial charge in [0.15, 0.2) is 0 Å². The van der Waals surface area contributed by atoms with E-state index in [1.807, 2.05) is 19.2 Å². The van der Waals surface area contributed by atoms with E-state index in [0.717, 1.165) is 21.5 Å². The number of aromatic nitrogens is 2. The molecule has 0 bridgehead atoms. The molecule has 0 radical (unpaired) electrons. The maximum Gasteiger partial charge on any atom is 0.0887 e. The average Bonchev–Trinajstić information content (AvgIpc) is 2.66. The standard InChI is InChI=1S/C14H12BrN3/c1-18-13-3-2-10(15)6-9(13)7-14(18)12-8-11(16)4-5-17-12/h2-8H,1H3,(H2,16,17). The molecule has 2 N–H and O–H groups in total. The summed E-state index contributed by atoms with van der Waals surface area (Å²) < 4.78 is 3.21. The van der Waals surface area contributed by atoms with E-state index in [-0.39, 0.29) is 0 Å². The molecular weight excluding hydrogens is 290 g/mol. The zero-order valence-electron chi connectivity index (χ0n) is 9.89. The van der Waals surface area contributed by atoms with Crippen LogP contribution in [0.5, 0.6) is 0 Å². The number of pyridine rings is 1. The number of nitrogens with two attached hydrogens (primary N) is 1. The van der Waals surface area contributed by atoms with Gasteiger partial charge in [0.25, 0.3) is 0 Å². The van der Waals surface area contributed by atoms with Gasteiger partial charge in [0.2, 0.25) is 0 Å².